The van der Waals surface area contributed by atoms with E-state index in [0.717, 1.165) is 5.69 Å². The van der Waals surface area contributed by atoms with Gasteiger partial charge >= 0.3 is 0 Å². The monoisotopic (exact) mass is 441 g/mol. The minimum Gasteiger partial charge on any atom is -0.325 e. The van der Waals surface area contributed by atoms with E-state index in [-0.39, 0.29) is 33.4 Å². The molecule has 0 unspecified atom stereocenters. The van der Waals surface area contributed by atoms with Gasteiger partial charge in [0.15, 0.2) is 0 Å². The van der Waals surface area contributed by atoms with Crippen molar-refractivity contribution in [3.63, 3.8) is 0 Å². The van der Waals surface area contributed by atoms with E-state index in [1.165, 1.54) is 18.2 Å². The Labute approximate surface area is 174 Å². The molecule has 0 saturated carbocycles. The molecule has 0 atom stereocenters. The second-order valence-corrected chi connectivity index (χ2v) is 9.28. The van der Waals surface area contributed by atoms with E-state index in [2.05, 4.69) is 10.0 Å². The van der Waals surface area contributed by atoms with Crippen molar-refractivity contribution in [1.29, 1.82) is 0 Å². The Balaban J connectivity index is 1.50. The molecule has 1 fully saturated rings. The molecule has 0 aliphatic carbocycles. The highest BCUT2D eigenvalue weighted by molar-refractivity contribution is 7.89. The third-order valence-corrected chi connectivity index (χ3v) is 6.42. The maximum absolute atomic E-state index is 12.6. The van der Waals surface area contributed by atoms with Gasteiger partial charge in [-0.3, -0.25) is 9.69 Å². The third kappa shape index (κ3) is 5.93. The zero-order chi connectivity index (χ0) is 20.1. The number of likely N-dealkylation sites (tertiary alicyclic amines) is 1. The Morgan fingerprint density at radius 3 is 2.25 bits per heavy atom. The van der Waals surface area contributed by atoms with Gasteiger partial charge in [-0.2, -0.15) is 0 Å². The van der Waals surface area contributed by atoms with Crippen molar-refractivity contribution in [3.8, 4) is 0 Å². The van der Waals surface area contributed by atoms with E-state index in [1.54, 1.807) is 0 Å². The number of piperidine rings is 1. The van der Waals surface area contributed by atoms with Gasteiger partial charge in [-0.25, -0.2) is 13.1 Å². The maximum Gasteiger partial charge on any atom is 0.240 e. The second kappa shape index (κ2) is 9.24. The quantitative estimate of drug-likeness (QED) is 0.719. The Hall–Kier alpha value is -1.64. The molecule has 1 amide bonds. The zero-order valence-corrected chi connectivity index (χ0v) is 17.4. The molecule has 1 heterocycles. The molecule has 6 nitrogen and oxygen atoms in total. The molecular formula is C19H21Cl2N3O3S. The van der Waals surface area contributed by atoms with Gasteiger partial charge in [0.25, 0.3) is 0 Å². The van der Waals surface area contributed by atoms with Gasteiger partial charge in [0.05, 0.1) is 11.4 Å². The van der Waals surface area contributed by atoms with Gasteiger partial charge in [-0.1, -0.05) is 41.4 Å². The highest BCUT2D eigenvalue weighted by Crippen LogP contribution is 2.23. The molecule has 1 saturated heterocycles. The van der Waals surface area contributed by atoms with Gasteiger partial charge in [0, 0.05) is 34.9 Å². The molecule has 9 heteroatoms. The highest BCUT2D eigenvalue weighted by atomic mass is 35.5. The summed E-state index contributed by atoms with van der Waals surface area (Å²) in [5.74, 6) is -0.0844. The first-order chi connectivity index (χ1) is 13.3. The van der Waals surface area contributed by atoms with Crippen molar-refractivity contribution < 1.29 is 13.2 Å². The summed E-state index contributed by atoms with van der Waals surface area (Å²) in [7, 11) is -3.70. The van der Waals surface area contributed by atoms with Gasteiger partial charge < -0.3 is 5.32 Å². The molecule has 1 aliphatic rings. The van der Waals surface area contributed by atoms with Crippen LogP contribution < -0.4 is 10.0 Å². The molecular weight excluding hydrogens is 421 g/mol. The topological polar surface area (TPSA) is 78.5 Å². The number of amides is 1. The molecule has 0 radical (unpaired) electrons. The minimum atomic E-state index is -3.70. The molecule has 150 valence electrons. The molecule has 2 aromatic carbocycles. The summed E-state index contributed by atoms with van der Waals surface area (Å²) in [6.45, 7) is 1.54. The van der Waals surface area contributed by atoms with Crippen molar-refractivity contribution in [2.24, 2.45) is 0 Å². The summed E-state index contributed by atoms with van der Waals surface area (Å²) in [5.41, 5.74) is 0.760. The number of sulfonamides is 1. The first-order valence-electron chi connectivity index (χ1n) is 8.87. The number of halogens is 2. The van der Waals surface area contributed by atoms with E-state index in [0.29, 0.717) is 25.9 Å². The van der Waals surface area contributed by atoms with E-state index >= 15 is 0 Å². The lowest BCUT2D eigenvalue weighted by Gasteiger charge is -2.31. The highest BCUT2D eigenvalue weighted by Gasteiger charge is 2.26. The fourth-order valence-corrected chi connectivity index (χ4v) is 5.14. The number of benzene rings is 2. The molecule has 0 aromatic heterocycles. The first-order valence-corrected chi connectivity index (χ1v) is 11.1. The Morgan fingerprint density at radius 1 is 1.04 bits per heavy atom. The van der Waals surface area contributed by atoms with E-state index in [9.17, 15) is 13.2 Å². The average Bonchev–Trinajstić information content (AvgIpc) is 2.63. The lowest BCUT2D eigenvalue weighted by molar-refractivity contribution is -0.117. The standard InChI is InChI=1S/C19H21Cl2N3O3S/c20-14-10-15(21)12-18(11-14)28(26,27)23-17-6-8-24(9-7-17)13-19(25)22-16-4-2-1-3-5-16/h1-5,10-12,17,23H,6-9,13H2,(H,22,25). The van der Waals surface area contributed by atoms with Crippen LogP contribution in [0.5, 0.6) is 0 Å². The Kier molecular flexibility index (Phi) is 6.95. The van der Waals surface area contributed by atoms with Gasteiger partial charge in [-0.05, 0) is 43.2 Å². The Morgan fingerprint density at radius 2 is 1.64 bits per heavy atom. The van der Waals surface area contributed by atoms with Crippen LogP contribution in [0.3, 0.4) is 0 Å². The van der Waals surface area contributed by atoms with Crippen LogP contribution in [0.2, 0.25) is 10.0 Å². The van der Waals surface area contributed by atoms with Gasteiger partial charge in [0.1, 0.15) is 0 Å². The number of nitrogens with one attached hydrogen (secondary N) is 2. The smallest absolute Gasteiger partial charge is 0.240 e. The van der Waals surface area contributed by atoms with E-state index in [1.807, 2.05) is 35.2 Å². The van der Waals surface area contributed by atoms with Crippen LogP contribution in [0.25, 0.3) is 0 Å². The number of rotatable bonds is 6. The third-order valence-electron chi connectivity index (χ3n) is 4.48. The minimum absolute atomic E-state index is 0.0506. The zero-order valence-electron chi connectivity index (χ0n) is 15.1. The van der Waals surface area contributed by atoms with Crippen molar-refractivity contribution in [1.82, 2.24) is 9.62 Å². The summed E-state index contributed by atoms with van der Waals surface area (Å²) in [5, 5.41) is 3.39. The number of hydrogen-bond acceptors (Lipinski definition) is 4. The predicted molar refractivity (Wildman–Crippen MR) is 111 cm³/mol. The largest absolute Gasteiger partial charge is 0.325 e. The molecule has 3 rings (SSSR count). The predicted octanol–water partition coefficient (Wildman–Crippen LogP) is 3.37. The fourth-order valence-electron chi connectivity index (χ4n) is 3.11. The van der Waals surface area contributed by atoms with Crippen LogP contribution in [0.15, 0.2) is 53.4 Å². The summed E-state index contributed by atoms with van der Waals surface area (Å²) in [4.78, 5) is 14.2. The van der Waals surface area contributed by atoms with Crippen LogP contribution in [0.4, 0.5) is 5.69 Å². The second-order valence-electron chi connectivity index (χ2n) is 6.69. The SMILES string of the molecule is O=C(CN1CCC(NS(=O)(=O)c2cc(Cl)cc(Cl)c2)CC1)Nc1ccccc1. The normalized spacial score (nSPS) is 16.1. The fraction of sp³-hybridized carbons (Fsp3) is 0.316. The van der Waals surface area contributed by atoms with Gasteiger partial charge in [0.2, 0.25) is 15.9 Å². The van der Waals surface area contributed by atoms with Crippen LogP contribution in [0, 0.1) is 0 Å². The van der Waals surface area contributed by atoms with Crippen molar-refractivity contribution in [2.45, 2.75) is 23.8 Å². The summed E-state index contributed by atoms with van der Waals surface area (Å²) < 4.78 is 27.8. The summed E-state index contributed by atoms with van der Waals surface area (Å²) in [6, 6.07) is 13.3. The van der Waals surface area contributed by atoms with Crippen molar-refractivity contribution >= 4 is 44.8 Å². The molecule has 2 N–H and O–H groups in total. The molecule has 0 spiro atoms. The number of nitrogens with zero attached hydrogens (tertiary/aromatic N) is 1. The van der Waals surface area contributed by atoms with Crippen LogP contribution in [-0.2, 0) is 14.8 Å². The van der Waals surface area contributed by atoms with Crippen LogP contribution >= 0.6 is 23.2 Å². The van der Waals surface area contributed by atoms with Crippen LogP contribution in [-0.4, -0.2) is 44.9 Å². The van der Waals surface area contributed by atoms with E-state index < -0.39 is 10.0 Å². The number of hydrogen-bond donors (Lipinski definition) is 2. The molecule has 2 aromatic rings. The lowest BCUT2D eigenvalue weighted by Crippen LogP contribution is -2.46. The first kappa shape index (κ1) is 21.1. The maximum atomic E-state index is 12.6. The lowest BCUT2D eigenvalue weighted by atomic mass is 10.1. The number of carbonyl (C=O) groups excluding carboxylic acids is 1. The number of anilines is 1. The van der Waals surface area contributed by atoms with E-state index in [4.69, 9.17) is 23.2 Å². The average molecular weight is 442 g/mol. The van der Waals surface area contributed by atoms with Crippen molar-refractivity contribution in [2.75, 3.05) is 25.0 Å². The molecule has 0 bridgehead atoms. The number of para-hydroxylation sites is 1. The number of carbonyl (C=O) groups is 1. The summed E-state index contributed by atoms with van der Waals surface area (Å²) >= 11 is 11.8. The van der Waals surface area contributed by atoms with Crippen molar-refractivity contribution in [3.05, 3.63) is 58.6 Å². The molecule has 1 aliphatic heterocycles. The van der Waals surface area contributed by atoms with Gasteiger partial charge in [-0.15, -0.1) is 0 Å². The Bertz CT molecular complexity index is 910. The van der Waals surface area contributed by atoms with Crippen LogP contribution in [0.1, 0.15) is 12.8 Å². The molecule has 28 heavy (non-hydrogen) atoms. The summed E-state index contributed by atoms with van der Waals surface area (Å²) in [6.07, 6.45) is 1.23.